The molecule has 23 heavy (non-hydrogen) atoms. The molecule has 0 fully saturated rings. The van der Waals surface area contributed by atoms with Crippen molar-refractivity contribution in [3.8, 4) is 0 Å². The Morgan fingerprint density at radius 2 is 2.09 bits per heavy atom. The van der Waals surface area contributed by atoms with Crippen molar-refractivity contribution in [1.29, 1.82) is 0 Å². The van der Waals surface area contributed by atoms with E-state index in [2.05, 4.69) is 40.1 Å². The van der Waals surface area contributed by atoms with Crippen molar-refractivity contribution in [3.63, 3.8) is 0 Å². The van der Waals surface area contributed by atoms with Gasteiger partial charge in [-0.2, -0.15) is 0 Å². The summed E-state index contributed by atoms with van der Waals surface area (Å²) in [6.07, 6.45) is 6.50. The fraction of sp³-hybridized carbons (Fsp3) is 0.389. The van der Waals surface area contributed by atoms with Crippen LogP contribution in [0, 0.1) is 6.92 Å². The molecular formula is C18H24N4O. The Labute approximate surface area is 137 Å². The summed E-state index contributed by atoms with van der Waals surface area (Å²) in [5.74, 6) is 0.00562. The Morgan fingerprint density at radius 3 is 2.78 bits per heavy atom. The second-order valence-corrected chi connectivity index (χ2v) is 5.84. The van der Waals surface area contributed by atoms with Crippen LogP contribution in [-0.2, 0) is 11.2 Å². The molecule has 0 aliphatic heterocycles. The van der Waals surface area contributed by atoms with Crippen LogP contribution in [0.4, 0.5) is 5.69 Å². The Morgan fingerprint density at radius 1 is 1.30 bits per heavy atom. The largest absolute Gasteiger partial charge is 0.325 e. The first-order chi connectivity index (χ1) is 11.1. The van der Waals surface area contributed by atoms with Crippen LogP contribution in [0.25, 0.3) is 0 Å². The third-order valence-corrected chi connectivity index (χ3v) is 4.00. The van der Waals surface area contributed by atoms with Crippen LogP contribution in [0.5, 0.6) is 0 Å². The molecule has 0 aliphatic carbocycles. The number of aromatic nitrogens is 2. The van der Waals surface area contributed by atoms with E-state index in [0.717, 1.165) is 17.8 Å². The van der Waals surface area contributed by atoms with Crippen LogP contribution in [-0.4, -0.2) is 40.4 Å². The molecule has 2 aromatic heterocycles. The van der Waals surface area contributed by atoms with Gasteiger partial charge in [-0.1, -0.05) is 6.07 Å². The number of carbonyl (C=O) groups excluding carboxylic acids is 1. The predicted molar refractivity (Wildman–Crippen MR) is 92.3 cm³/mol. The number of likely N-dealkylation sites (N-methyl/N-ethyl adjacent to an activating group) is 1. The van der Waals surface area contributed by atoms with Crippen molar-refractivity contribution in [1.82, 2.24) is 14.9 Å². The van der Waals surface area contributed by atoms with Crippen LogP contribution >= 0.6 is 0 Å². The summed E-state index contributed by atoms with van der Waals surface area (Å²) in [6, 6.07) is 8.00. The summed E-state index contributed by atoms with van der Waals surface area (Å²) in [4.78, 5) is 22.6. The normalized spacial score (nSPS) is 12.2. The van der Waals surface area contributed by atoms with Gasteiger partial charge in [-0.05, 0) is 44.7 Å². The van der Waals surface area contributed by atoms with Crippen molar-refractivity contribution < 1.29 is 4.79 Å². The van der Waals surface area contributed by atoms with E-state index >= 15 is 0 Å². The van der Waals surface area contributed by atoms with Gasteiger partial charge in [0.25, 0.3) is 0 Å². The minimum Gasteiger partial charge on any atom is -0.325 e. The third kappa shape index (κ3) is 5.45. The number of nitrogens with zero attached hydrogens (tertiary/aromatic N) is 3. The van der Waals surface area contributed by atoms with Crippen LogP contribution < -0.4 is 5.32 Å². The van der Waals surface area contributed by atoms with E-state index in [9.17, 15) is 4.79 Å². The fourth-order valence-corrected chi connectivity index (χ4v) is 2.33. The maximum atomic E-state index is 12.0. The van der Waals surface area contributed by atoms with E-state index in [4.69, 9.17) is 0 Å². The lowest BCUT2D eigenvalue weighted by Crippen LogP contribution is -2.34. The molecule has 0 bridgehead atoms. The van der Waals surface area contributed by atoms with Gasteiger partial charge < -0.3 is 10.2 Å². The highest BCUT2D eigenvalue weighted by Gasteiger charge is 2.13. The Kier molecular flexibility index (Phi) is 6.23. The fourth-order valence-electron chi connectivity index (χ4n) is 2.33. The summed E-state index contributed by atoms with van der Waals surface area (Å²) < 4.78 is 0. The molecule has 0 aliphatic rings. The zero-order valence-electron chi connectivity index (χ0n) is 14.0. The standard InChI is InChI=1S/C18H24N4O/c1-14-6-4-10-20-17(14)12-15(2)22(3)11-8-18(23)21-16-7-5-9-19-13-16/h4-7,9-10,13,15H,8,11-12H2,1-3H3,(H,21,23). The number of carbonyl (C=O) groups is 1. The van der Waals surface area contributed by atoms with Gasteiger partial charge in [0.2, 0.25) is 5.91 Å². The number of aryl methyl sites for hydroxylation is 1. The van der Waals surface area contributed by atoms with Gasteiger partial charge >= 0.3 is 0 Å². The summed E-state index contributed by atoms with van der Waals surface area (Å²) in [6.45, 7) is 4.95. The van der Waals surface area contributed by atoms with Crippen molar-refractivity contribution in [2.75, 3.05) is 18.9 Å². The van der Waals surface area contributed by atoms with Crippen molar-refractivity contribution in [2.24, 2.45) is 0 Å². The van der Waals surface area contributed by atoms with Gasteiger partial charge in [-0.15, -0.1) is 0 Å². The topological polar surface area (TPSA) is 58.1 Å². The van der Waals surface area contributed by atoms with Crippen LogP contribution in [0.3, 0.4) is 0 Å². The highest BCUT2D eigenvalue weighted by Crippen LogP contribution is 2.10. The molecule has 2 aromatic rings. The van der Waals surface area contributed by atoms with Crippen molar-refractivity contribution >= 4 is 11.6 Å². The summed E-state index contributed by atoms with van der Waals surface area (Å²) >= 11 is 0. The molecule has 5 nitrogen and oxygen atoms in total. The molecule has 122 valence electrons. The van der Waals surface area contributed by atoms with E-state index in [1.165, 1.54) is 5.56 Å². The smallest absolute Gasteiger partial charge is 0.225 e. The highest BCUT2D eigenvalue weighted by atomic mass is 16.1. The third-order valence-electron chi connectivity index (χ3n) is 4.00. The molecule has 1 amide bonds. The Hall–Kier alpha value is -2.27. The molecule has 0 radical (unpaired) electrons. The minimum absolute atomic E-state index is 0.00562. The Balaban J connectivity index is 1.78. The predicted octanol–water partition coefficient (Wildman–Crippen LogP) is 2.68. The first-order valence-electron chi connectivity index (χ1n) is 7.87. The quantitative estimate of drug-likeness (QED) is 0.854. The zero-order valence-corrected chi connectivity index (χ0v) is 14.0. The van der Waals surface area contributed by atoms with E-state index < -0.39 is 0 Å². The second-order valence-electron chi connectivity index (χ2n) is 5.84. The number of anilines is 1. The SMILES string of the molecule is Cc1cccnc1CC(C)N(C)CCC(=O)Nc1cccnc1. The average Bonchev–Trinajstić information content (AvgIpc) is 2.55. The lowest BCUT2D eigenvalue weighted by molar-refractivity contribution is -0.116. The maximum absolute atomic E-state index is 12.0. The molecule has 1 N–H and O–H groups in total. The van der Waals surface area contributed by atoms with E-state index in [1.807, 2.05) is 25.4 Å². The van der Waals surface area contributed by atoms with Gasteiger partial charge in [-0.3, -0.25) is 14.8 Å². The number of amides is 1. The van der Waals surface area contributed by atoms with Crippen LogP contribution in [0.2, 0.25) is 0 Å². The second kappa shape index (κ2) is 8.39. The van der Waals surface area contributed by atoms with Gasteiger partial charge in [0.05, 0.1) is 11.9 Å². The zero-order chi connectivity index (χ0) is 16.7. The average molecular weight is 312 g/mol. The van der Waals surface area contributed by atoms with E-state index in [-0.39, 0.29) is 5.91 Å². The van der Waals surface area contributed by atoms with E-state index in [0.29, 0.717) is 19.0 Å². The number of nitrogens with one attached hydrogen (secondary N) is 1. The van der Waals surface area contributed by atoms with Gasteiger partial charge in [0, 0.05) is 43.5 Å². The number of rotatable bonds is 7. The van der Waals surface area contributed by atoms with Crippen LogP contribution in [0.15, 0.2) is 42.9 Å². The molecule has 0 saturated carbocycles. The molecule has 0 saturated heterocycles. The number of hydrogen-bond donors (Lipinski definition) is 1. The molecule has 2 heterocycles. The van der Waals surface area contributed by atoms with Gasteiger partial charge in [-0.25, -0.2) is 0 Å². The number of pyridine rings is 2. The molecule has 1 atom stereocenters. The van der Waals surface area contributed by atoms with Gasteiger partial charge in [0.15, 0.2) is 0 Å². The summed E-state index contributed by atoms with van der Waals surface area (Å²) in [5, 5.41) is 2.85. The van der Waals surface area contributed by atoms with Crippen LogP contribution in [0.1, 0.15) is 24.6 Å². The van der Waals surface area contributed by atoms with Crippen molar-refractivity contribution in [3.05, 3.63) is 54.1 Å². The molecule has 2 rings (SSSR count). The molecule has 1 unspecified atom stereocenters. The summed E-state index contributed by atoms with van der Waals surface area (Å²) in [5.41, 5.74) is 3.06. The Bertz CT molecular complexity index is 630. The number of hydrogen-bond acceptors (Lipinski definition) is 4. The first kappa shape index (κ1) is 17.1. The minimum atomic E-state index is 0.00562. The summed E-state index contributed by atoms with van der Waals surface area (Å²) in [7, 11) is 2.04. The monoisotopic (exact) mass is 312 g/mol. The molecule has 0 spiro atoms. The van der Waals surface area contributed by atoms with E-state index in [1.54, 1.807) is 18.5 Å². The lowest BCUT2D eigenvalue weighted by atomic mass is 10.1. The van der Waals surface area contributed by atoms with Gasteiger partial charge in [0.1, 0.15) is 0 Å². The maximum Gasteiger partial charge on any atom is 0.225 e. The molecule has 0 aromatic carbocycles. The molecule has 5 heteroatoms. The lowest BCUT2D eigenvalue weighted by Gasteiger charge is -2.24. The van der Waals surface area contributed by atoms with Crippen molar-refractivity contribution in [2.45, 2.75) is 32.7 Å². The highest BCUT2D eigenvalue weighted by molar-refractivity contribution is 5.90. The first-order valence-corrected chi connectivity index (χ1v) is 7.87. The molecular weight excluding hydrogens is 288 g/mol.